The largest absolute Gasteiger partial charge is 0.383 e. The molecule has 1 aliphatic carbocycles. The predicted octanol–water partition coefficient (Wildman–Crippen LogP) is 0.438. The van der Waals surface area contributed by atoms with Crippen molar-refractivity contribution in [1.82, 2.24) is 10.2 Å². The topological polar surface area (TPSA) is 67.6 Å². The first-order chi connectivity index (χ1) is 9.68. The summed E-state index contributed by atoms with van der Waals surface area (Å²) >= 11 is 2.03. The van der Waals surface area contributed by atoms with Crippen LogP contribution in [-0.2, 0) is 9.53 Å². The van der Waals surface area contributed by atoms with E-state index in [2.05, 4.69) is 10.2 Å². The Morgan fingerprint density at radius 3 is 2.65 bits per heavy atom. The van der Waals surface area contributed by atoms with Gasteiger partial charge in [-0.3, -0.25) is 9.69 Å². The molecule has 1 atom stereocenters. The highest BCUT2D eigenvalue weighted by molar-refractivity contribution is 7.99. The standard InChI is InChI=1S/C14H27N3O2S/c1-19-10-12(15)13(18)16-11-14(4-2-3-5-14)17-6-8-20-9-7-17/h12H,2-11,15H2,1H3,(H,16,18). The molecule has 2 aliphatic rings. The van der Waals surface area contributed by atoms with Crippen LogP contribution in [0.2, 0.25) is 0 Å². The van der Waals surface area contributed by atoms with Gasteiger partial charge in [0.05, 0.1) is 6.61 Å². The molecule has 20 heavy (non-hydrogen) atoms. The zero-order chi connectivity index (χ0) is 14.4. The lowest BCUT2D eigenvalue weighted by molar-refractivity contribution is -0.124. The molecule has 2 fully saturated rings. The minimum absolute atomic E-state index is 0.0930. The molecule has 3 N–H and O–H groups in total. The van der Waals surface area contributed by atoms with Gasteiger partial charge in [-0.2, -0.15) is 11.8 Å². The fraction of sp³-hybridized carbons (Fsp3) is 0.929. The van der Waals surface area contributed by atoms with E-state index in [-0.39, 0.29) is 18.1 Å². The number of methoxy groups -OCH3 is 1. The fourth-order valence-corrected chi connectivity index (χ4v) is 4.22. The van der Waals surface area contributed by atoms with Gasteiger partial charge in [0.1, 0.15) is 6.04 Å². The van der Waals surface area contributed by atoms with Gasteiger partial charge in [0, 0.05) is 43.8 Å². The van der Waals surface area contributed by atoms with Crippen LogP contribution in [0, 0.1) is 0 Å². The molecule has 116 valence electrons. The highest BCUT2D eigenvalue weighted by atomic mass is 32.2. The molecule has 6 heteroatoms. The number of nitrogens with two attached hydrogens (primary N) is 1. The van der Waals surface area contributed by atoms with E-state index in [9.17, 15) is 4.79 Å². The lowest BCUT2D eigenvalue weighted by atomic mass is 9.94. The summed E-state index contributed by atoms with van der Waals surface area (Å²) in [6.45, 7) is 3.29. The normalized spacial score (nSPS) is 24.5. The fourth-order valence-electron chi connectivity index (χ4n) is 3.31. The summed E-state index contributed by atoms with van der Waals surface area (Å²) in [6, 6.07) is -0.560. The van der Waals surface area contributed by atoms with Crippen LogP contribution >= 0.6 is 11.8 Å². The van der Waals surface area contributed by atoms with E-state index in [1.54, 1.807) is 7.11 Å². The van der Waals surface area contributed by atoms with E-state index in [1.807, 2.05) is 11.8 Å². The minimum atomic E-state index is -0.560. The lowest BCUT2D eigenvalue weighted by Crippen LogP contribution is -2.58. The summed E-state index contributed by atoms with van der Waals surface area (Å²) in [6.07, 6.45) is 4.92. The Labute approximate surface area is 126 Å². The van der Waals surface area contributed by atoms with Crippen LogP contribution < -0.4 is 11.1 Å². The van der Waals surface area contributed by atoms with E-state index in [0.717, 1.165) is 19.6 Å². The number of rotatable bonds is 6. The van der Waals surface area contributed by atoms with E-state index in [4.69, 9.17) is 10.5 Å². The second-order valence-corrected chi connectivity index (χ2v) is 7.04. The molecule has 2 rings (SSSR count). The van der Waals surface area contributed by atoms with Gasteiger partial charge in [0.25, 0.3) is 0 Å². The molecule has 0 radical (unpaired) electrons. The Kier molecular flexibility index (Phi) is 6.14. The van der Waals surface area contributed by atoms with Crippen molar-refractivity contribution in [2.24, 2.45) is 5.73 Å². The Hall–Kier alpha value is -0.300. The van der Waals surface area contributed by atoms with Crippen molar-refractivity contribution in [3.8, 4) is 0 Å². The summed E-state index contributed by atoms with van der Waals surface area (Å²) < 4.78 is 4.94. The van der Waals surface area contributed by atoms with Crippen molar-refractivity contribution in [3.05, 3.63) is 0 Å². The maximum absolute atomic E-state index is 12.0. The molecule has 1 aliphatic heterocycles. The molecule has 0 aromatic carbocycles. The SMILES string of the molecule is COCC(N)C(=O)NCC1(N2CCSCC2)CCCC1. The van der Waals surface area contributed by atoms with Gasteiger partial charge in [-0.15, -0.1) is 0 Å². The molecule has 0 aromatic heterocycles. The molecule has 1 unspecified atom stereocenters. The van der Waals surface area contributed by atoms with Gasteiger partial charge in [0.2, 0.25) is 5.91 Å². The number of carbonyl (C=O) groups excluding carboxylic acids is 1. The number of ether oxygens (including phenoxy) is 1. The third kappa shape index (κ3) is 3.87. The third-order valence-corrected chi connectivity index (χ3v) is 5.43. The number of carbonyl (C=O) groups is 1. The van der Waals surface area contributed by atoms with Crippen molar-refractivity contribution in [1.29, 1.82) is 0 Å². The van der Waals surface area contributed by atoms with E-state index < -0.39 is 6.04 Å². The highest BCUT2D eigenvalue weighted by Gasteiger charge is 2.40. The van der Waals surface area contributed by atoms with E-state index in [1.165, 1.54) is 37.2 Å². The average molecular weight is 301 g/mol. The van der Waals surface area contributed by atoms with Gasteiger partial charge >= 0.3 is 0 Å². The molecule has 1 saturated carbocycles. The van der Waals surface area contributed by atoms with Crippen LogP contribution in [0.25, 0.3) is 0 Å². The van der Waals surface area contributed by atoms with Crippen molar-refractivity contribution in [3.63, 3.8) is 0 Å². The quantitative estimate of drug-likeness (QED) is 0.745. The maximum atomic E-state index is 12.0. The molecular weight excluding hydrogens is 274 g/mol. The Morgan fingerprint density at radius 2 is 2.05 bits per heavy atom. The monoisotopic (exact) mass is 301 g/mol. The number of hydrogen-bond acceptors (Lipinski definition) is 5. The zero-order valence-electron chi connectivity index (χ0n) is 12.4. The molecule has 1 amide bonds. The second-order valence-electron chi connectivity index (χ2n) is 5.81. The Balaban J connectivity index is 1.90. The Bertz CT molecular complexity index is 316. The first-order valence-corrected chi connectivity index (χ1v) is 8.68. The van der Waals surface area contributed by atoms with Crippen LogP contribution in [0.5, 0.6) is 0 Å². The van der Waals surface area contributed by atoms with Crippen molar-refractivity contribution in [2.75, 3.05) is 44.9 Å². The van der Waals surface area contributed by atoms with Crippen LogP contribution in [-0.4, -0.2) is 67.2 Å². The summed E-state index contributed by atoms with van der Waals surface area (Å²) in [5.41, 5.74) is 5.95. The number of hydrogen-bond donors (Lipinski definition) is 2. The zero-order valence-corrected chi connectivity index (χ0v) is 13.2. The number of nitrogens with zero attached hydrogens (tertiary/aromatic N) is 1. The first-order valence-electron chi connectivity index (χ1n) is 7.53. The van der Waals surface area contributed by atoms with Gasteiger partial charge < -0.3 is 15.8 Å². The second kappa shape index (κ2) is 7.64. The maximum Gasteiger partial charge on any atom is 0.239 e. The average Bonchev–Trinajstić information content (AvgIpc) is 2.96. The van der Waals surface area contributed by atoms with Gasteiger partial charge in [-0.1, -0.05) is 12.8 Å². The molecule has 0 aromatic rings. The summed E-state index contributed by atoms with van der Waals surface area (Å²) in [5.74, 6) is 2.32. The van der Waals surface area contributed by atoms with Crippen LogP contribution in [0.3, 0.4) is 0 Å². The molecule has 5 nitrogen and oxygen atoms in total. The summed E-state index contributed by atoms with van der Waals surface area (Å²) in [7, 11) is 1.57. The van der Waals surface area contributed by atoms with Gasteiger partial charge in [-0.05, 0) is 12.8 Å². The number of amides is 1. The minimum Gasteiger partial charge on any atom is -0.383 e. The van der Waals surface area contributed by atoms with Crippen molar-refractivity contribution >= 4 is 17.7 Å². The van der Waals surface area contributed by atoms with E-state index >= 15 is 0 Å². The third-order valence-electron chi connectivity index (χ3n) is 4.49. The van der Waals surface area contributed by atoms with Gasteiger partial charge in [0.15, 0.2) is 0 Å². The molecule has 1 saturated heterocycles. The molecule has 0 spiro atoms. The summed E-state index contributed by atoms with van der Waals surface area (Å²) in [5, 5.41) is 3.05. The van der Waals surface area contributed by atoms with Crippen molar-refractivity contribution < 1.29 is 9.53 Å². The Morgan fingerprint density at radius 1 is 1.40 bits per heavy atom. The number of nitrogens with one attached hydrogen (secondary N) is 1. The predicted molar refractivity (Wildman–Crippen MR) is 83.0 cm³/mol. The van der Waals surface area contributed by atoms with Gasteiger partial charge in [-0.25, -0.2) is 0 Å². The molecular formula is C14H27N3O2S. The molecule has 1 heterocycles. The van der Waals surface area contributed by atoms with Crippen LogP contribution in [0.1, 0.15) is 25.7 Å². The van der Waals surface area contributed by atoms with Crippen molar-refractivity contribution in [2.45, 2.75) is 37.3 Å². The van der Waals surface area contributed by atoms with E-state index in [0.29, 0.717) is 0 Å². The lowest BCUT2D eigenvalue weighted by Gasteiger charge is -2.43. The van der Waals surface area contributed by atoms with Crippen LogP contribution in [0.4, 0.5) is 0 Å². The smallest absolute Gasteiger partial charge is 0.239 e. The van der Waals surface area contributed by atoms with Crippen LogP contribution in [0.15, 0.2) is 0 Å². The summed E-state index contributed by atoms with van der Waals surface area (Å²) in [4.78, 5) is 14.6. The highest BCUT2D eigenvalue weighted by Crippen LogP contribution is 2.36. The molecule has 0 bridgehead atoms. The first kappa shape index (κ1) is 16.1. The number of thioether (sulfide) groups is 1.